The van der Waals surface area contributed by atoms with Crippen molar-refractivity contribution in [1.82, 2.24) is 10.4 Å². The zero-order valence-electron chi connectivity index (χ0n) is 10.8. The van der Waals surface area contributed by atoms with Crippen LogP contribution in [0.25, 0.3) is 0 Å². The van der Waals surface area contributed by atoms with Crippen LogP contribution in [0.1, 0.15) is 21.7 Å². The number of hydrogen-bond donors (Lipinski definition) is 2. The molecule has 0 saturated heterocycles. The largest absolute Gasteiger partial charge is 0.484 e. The molecule has 106 valence electrons. The number of hydrogen-bond acceptors (Lipinski definition) is 5. The quantitative estimate of drug-likeness (QED) is 0.501. The summed E-state index contributed by atoms with van der Waals surface area (Å²) in [4.78, 5) is 15.4. The van der Waals surface area contributed by atoms with Crippen LogP contribution in [-0.4, -0.2) is 10.9 Å². The number of benzene rings is 1. The van der Waals surface area contributed by atoms with Gasteiger partial charge in [-0.1, -0.05) is 6.07 Å². The van der Waals surface area contributed by atoms with Gasteiger partial charge in [-0.25, -0.2) is 15.2 Å². The number of hydrazine groups is 1. The Morgan fingerprint density at radius 3 is 2.90 bits per heavy atom. The molecule has 21 heavy (non-hydrogen) atoms. The number of rotatable bonds is 4. The Morgan fingerprint density at radius 1 is 1.43 bits per heavy atom. The summed E-state index contributed by atoms with van der Waals surface area (Å²) in [6.45, 7) is -0.0193. The van der Waals surface area contributed by atoms with Crippen LogP contribution in [0, 0.1) is 17.1 Å². The lowest BCUT2D eigenvalue weighted by Gasteiger charge is -2.08. The maximum absolute atomic E-state index is 13.6. The van der Waals surface area contributed by atoms with Gasteiger partial charge in [-0.3, -0.25) is 10.2 Å². The molecule has 1 aromatic heterocycles. The topological polar surface area (TPSA) is 101 Å². The smallest absolute Gasteiger partial charge is 0.283 e. The number of nitrogens with one attached hydrogen (secondary N) is 1. The summed E-state index contributed by atoms with van der Waals surface area (Å²) in [6.07, 6.45) is 0. The molecular weight excluding hydrogens is 275 g/mol. The van der Waals surface area contributed by atoms with Crippen molar-refractivity contribution in [2.45, 2.75) is 6.61 Å². The van der Waals surface area contributed by atoms with Gasteiger partial charge in [0, 0.05) is 0 Å². The van der Waals surface area contributed by atoms with Crippen LogP contribution in [0.5, 0.6) is 5.75 Å². The summed E-state index contributed by atoms with van der Waals surface area (Å²) in [5.74, 6) is 3.86. The summed E-state index contributed by atoms with van der Waals surface area (Å²) in [5.41, 5.74) is 2.76. The molecule has 3 N–H and O–H groups in total. The maximum atomic E-state index is 13.6. The molecule has 0 atom stereocenters. The van der Waals surface area contributed by atoms with Crippen molar-refractivity contribution in [1.29, 1.82) is 5.26 Å². The van der Waals surface area contributed by atoms with Crippen molar-refractivity contribution >= 4 is 5.91 Å². The second-order valence-electron chi connectivity index (χ2n) is 4.03. The lowest BCUT2D eigenvalue weighted by molar-refractivity contribution is 0.0948. The predicted octanol–water partition coefficient (Wildman–Crippen LogP) is 1.27. The molecule has 7 heteroatoms. The molecule has 0 aliphatic heterocycles. The van der Waals surface area contributed by atoms with Crippen molar-refractivity contribution < 1.29 is 13.9 Å². The lowest BCUT2D eigenvalue weighted by Crippen LogP contribution is -2.30. The SMILES string of the molecule is N#Cc1ccc(OCc2cccc(C(=O)NN)n2)c(F)c1. The third-order valence-electron chi connectivity index (χ3n) is 2.61. The Balaban J connectivity index is 2.10. The Hall–Kier alpha value is -2.98. The number of aromatic nitrogens is 1. The number of nitrogens with two attached hydrogens (primary N) is 1. The third kappa shape index (κ3) is 3.52. The Bertz CT molecular complexity index is 712. The standard InChI is InChI=1S/C14H11FN4O2/c15-11-6-9(7-16)4-5-13(11)21-8-10-2-1-3-12(18-10)14(20)19-17/h1-6H,8,17H2,(H,19,20). The van der Waals surface area contributed by atoms with Gasteiger partial charge in [0.1, 0.15) is 12.3 Å². The summed E-state index contributed by atoms with van der Waals surface area (Å²) < 4.78 is 18.9. The van der Waals surface area contributed by atoms with Crippen LogP contribution < -0.4 is 16.0 Å². The molecule has 0 aliphatic rings. The van der Waals surface area contributed by atoms with E-state index in [1.54, 1.807) is 12.1 Å². The van der Waals surface area contributed by atoms with Crippen molar-refractivity contribution in [3.63, 3.8) is 0 Å². The van der Waals surface area contributed by atoms with Crippen molar-refractivity contribution in [2.24, 2.45) is 5.84 Å². The van der Waals surface area contributed by atoms with Gasteiger partial charge in [-0.15, -0.1) is 0 Å². The number of carbonyl (C=O) groups is 1. The highest BCUT2D eigenvalue weighted by atomic mass is 19.1. The van der Waals surface area contributed by atoms with E-state index in [-0.39, 0.29) is 23.6 Å². The van der Waals surface area contributed by atoms with Crippen LogP contribution in [-0.2, 0) is 6.61 Å². The van der Waals surface area contributed by atoms with Crippen LogP contribution in [0.2, 0.25) is 0 Å². The van der Waals surface area contributed by atoms with E-state index in [0.29, 0.717) is 5.69 Å². The van der Waals surface area contributed by atoms with Crippen LogP contribution in [0.15, 0.2) is 36.4 Å². The van der Waals surface area contributed by atoms with Crippen molar-refractivity contribution in [3.05, 3.63) is 59.2 Å². The zero-order chi connectivity index (χ0) is 15.2. The summed E-state index contributed by atoms with van der Waals surface area (Å²) in [7, 11) is 0. The van der Waals surface area contributed by atoms with E-state index < -0.39 is 11.7 Å². The molecule has 0 saturated carbocycles. The number of ether oxygens (including phenoxy) is 1. The van der Waals surface area contributed by atoms with E-state index in [4.69, 9.17) is 15.8 Å². The fourth-order valence-electron chi connectivity index (χ4n) is 1.60. The number of pyridine rings is 1. The summed E-state index contributed by atoms with van der Waals surface area (Å²) in [5, 5.41) is 8.65. The first-order chi connectivity index (χ1) is 10.1. The van der Waals surface area contributed by atoms with Gasteiger partial charge in [-0.05, 0) is 30.3 Å². The zero-order valence-corrected chi connectivity index (χ0v) is 10.8. The number of halogens is 1. The molecule has 0 fully saturated rings. The van der Waals surface area contributed by atoms with E-state index in [1.165, 1.54) is 18.2 Å². The van der Waals surface area contributed by atoms with E-state index in [0.717, 1.165) is 6.07 Å². The Morgan fingerprint density at radius 2 is 2.24 bits per heavy atom. The maximum Gasteiger partial charge on any atom is 0.283 e. The highest BCUT2D eigenvalue weighted by molar-refractivity contribution is 5.91. The molecule has 0 aliphatic carbocycles. The molecule has 0 unspecified atom stereocenters. The lowest BCUT2D eigenvalue weighted by atomic mass is 10.2. The minimum absolute atomic E-state index is 0.00415. The van der Waals surface area contributed by atoms with Gasteiger partial charge >= 0.3 is 0 Å². The van der Waals surface area contributed by atoms with Gasteiger partial charge in [0.25, 0.3) is 5.91 Å². The summed E-state index contributed by atoms with van der Waals surface area (Å²) in [6, 6.07) is 10.5. The highest BCUT2D eigenvalue weighted by Crippen LogP contribution is 2.19. The Labute approximate surface area is 119 Å². The van der Waals surface area contributed by atoms with Gasteiger partial charge in [0.2, 0.25) is 0 Å². The van der Waals surface area contributed by atoms with Gasteiger partial charge < -0.3 is 4.74 Å². The molecular formula is C14H11FN4O2. The number of nitriles is 1. The molecule has 0 spiro atoms. The van der Waals surface area contributed by atoms with Crippen molar-refractivity contribution in [3.8, 4) is 11.8 Å². The van der Waals surface area contributed by atoms with Crippen molar-refractivity contribution in [2.75, 3.05) is 0 Å². The normalized spacial score (nSPS) is 9.76. The average molecular weight is 286 g/mol. The van der Waals surface area contributed by atoms with Gasteiger partial charge in [-0.2, -0.15) is 5.26 Å². The minimum Gasteiger partial charge on any atom is -0.484 e. The molecule has 2 aromatic rings. The highest BCUT2D eigenvalue weighted by Gasteiger charge is 2.08. The predicted molar refractivity (Wildman–Crippen MR) is 71.3 cm³/mol. The molecule has 1 amide bonds. The first kappa shape index (κ1) is 14.4. The molecule has 0 radical (unpaired) electrons. The summed E-state index contributed by atoms with van der Waals surface area (Å²) >= 11 is 0. The fourth-order valence-corrected chi connectivity index (χ4v) is 1.60. The molecule has 1 aromatic carbocycles. The second-order valence-corrected chi connectivity index (χ2v) is 4.03. The molecule has 2 rings (SSSR count). The van der Waals surface area contributed by atoms with E-state index in [2.05, 4.69) is 4.98 Å². The van der Waals surface area contributed by atoms with Gasteiger partial charge in [0.15, 0.2) is 11.6 Å². The van der Waals surface area contributed by atoms with Crippen LogP contribution in [0.3, 0.4) is 0 Å². The van der Waals surface area contributed by atoms with E-state index in [9.17, 15) is 9.18 Å². The number of nitrogens with zero attached hydrogens (tertiary/aromatic N) is 2. The van der Waals surface area contributed by atoms with Crippen LogP contribution in [0.4, 0.5) is 4.39 Å². The fraction of sp³-hybridized carbons (Fsp3) is 0.0714. The van der Waals surface area contributed by atoms with Gasteiger partial charge in [0.05, 0.1) is 17.3 Å². The molecule has 0 bridgehead atoms. The molecule has 6 nitrogen and oxygen atoms in total. The van der Waals surface area contributed by atoms with E-state index in [1.807, 2.05) is 11.5 Å². The number of nitrogen functional groups attached to an aromatic ring is 1. The minimum atomic E-state index is -0.634. The first-order valence-electron chi connectivity index (χ1n) is 5.93. The van der Waals surface area contributed by atoms with E-state index >= 15 is 0 Å². The second kappa shape index (κ2) is 6.45. The monoisotopic (exact) mass is 286 g/mol. The Kier molecular flexibility index (Phi) is 4.43. The number of amides is 1. The average Bonchev–Trinajstić information content (AvgIpc) is 2.53. The first-order valence-corrected chi connectivity index (χ1v) is 5.93. The third-order valence-corrected chi connectivity index (χ3v) is 2.61. The molecule has 1 heterocycles. The van der Waals surface area contributed by atoms with Crippen LogP contribution >= 0.6 is 0 Å². The number of carbonyl (C=O) groups excluding carboxylic acids is 1.